The number of nitrogens with two attached hydrogens (primary N) is 1. The molecule has 0 aromatic carbocycles. The molecule has 0 aliphatic heterocycles. The van der Waals surface area contributed by atoms with E-state index < -0.39 is 18.7 Å². The predicted molar refractivity (Wildman–Crippen MR) is 67.5 cm³/mol. The number of pyridine rings is 2. The molecule has 0 saturated carbocycles. The molecule has 0 fully saturated rings. The third-order valence-corrected chi connectivity index (χ3v) is 2.47. The van der Waals surface area contributed by atoms with Crippen molar-refractivity contribution < 1.29 is 22.7 Å². The molecule has 2 N–H and O–H groups in total. The topological polar surface area (TPSA) is 78.1 Å². The van der Waals surface area contributed by atoms with Crippen LogP contribution >= 0.6 is 0 Å². The first-order valence-electron chi connectivity index (χ1n) is 5.77. The lowest BCUT2D eigenvalue weighted by atomic mass is 10.1. The van der Waals surface area contributed by atoms with E-state index in [1.807, 2.05) is 0 Å². The first-order chi connectivity index (χ1) is 9.87. The van der Waals surface area contributed by atoms with Crippen LogP contribution in [0, 0.1) is 0 Å². The number of alkyl halides is 3. The summed E-state index contributed by atoms with van der Waals surface area (Å²) in [5, 5.41) is 0. The Hall–Kier alpha value is -2.64. The van der Waals surface area contributed by atoms with Crippen molar-refractivity contribution in [2.24, 2.45) is 5.73 Å². The van der Waals surface area contributed by atoms with Gasteiger partial charge in [-0.1, -0.05) is 0 Å². The number of hydrogen-bond donors (Lipinski definition) is 1. The van der Waals surface area contributed by atoms with Gasteiger partial charge in [-0.05, 0) is 29.8 Å². The third-order valence-electron chi connectivity index (χ3n) is 2.47. The van der Waals surface area contributed by atoms with Crippen molar-refractivity contribution in [3.05, 3.63) is 42.4 Å². The molecule has 0 saturated heterocycles. The van der Waals surface area contributed by atoms with Crippen LogP contribution in [0.25, 0.3) is 11.1 Å². The number of halogens is 3. The second-order valence-corrected chi connectivity index (χ2v) is 4.05. The van der Waals surface area contributed by atoms with E-state index in [9.17, 15) is 18.0 Å². The minimum atomic E-state index is -4.47. The van der Waals surface area contributed by atoms with Crippen molar-refractivity contribution in [2.45, 2.75) is 6.18 Å². The summed E-state index contributed by atoms with van der Waals surface area (Å²) in [7, 11) is 0. The van der Waals surface area contributed by atoms with Gasteiger partial charge in [0.1, 0.15) is 5.69 Å². The summed E-state index contributed by atoms with van der Waals surface area (Å²) in [6, 6.07) is 5.95. The Morgan fingerprint density at radius 3 is 2.67 bits per heavy atom. The summed E-state index contributed by atoms with van der Waals surface area (Å²) in [6.07, 6.45) is -1.83. The van der Waals surface area contributed by atoms with Crippen LogP contribution in [0.15, 0.2) is 36.7 Å². The van der Waals surface area contributed by atoms with Gasteiger partial charge in [-0.2, -0.15) is 13.2 Å². The van der Waals surface area contributed by atoms with E-state index in [0.717, 1.165) is 0 Å². The van der Waals surface area contributed by atoms with Crippen LogP contribution in [0.4, 0.5) is 13.2 Å². The van der Waals surface area contributed by atoms with Crippen molar-refractivity contribution in [1.82, 2.24) is 9.97 Å². The Balaban J connectivity index is 2.35. The molecule has 2 aromatic heterocycles. The Morgan fingerprint density at radius 2 is 2.00 bits per heavy atom. The third kappa shape index (κ3) is 3.91. The number of primary amides is 1. The fourth-order valence-electron chi connectivity index (χ4n) is 1.61. The molecular formula is C13H10F3N3O2. The van der Waals surface area contributed by atoms with E-state index in [1.54, 1.807) is 6.07 Å². The molecule has 0 radical (unpaired) electrons. The molecule has 2 rings (SSSR count). The lowest BCUT2D eigenvalue weighted by Gasteiger charge is -2.12. The van der Waals surface area contributed by atoms with Crippen molar-refractivity contribution in [3.8, 4) is 17.0 Å². The second kappa shape index (κ2) is 5.78. The normalized spacial score (nSPS) is 11.2. The van der Waals surface area contributed by atoms with Gasteiger partial charge >= 0.3 is 6.18 Å². The number of ether oxygens (including phenoxy) is 1. The Labute approximate surface area is 117 Å². The van der Waals surface area contributed by atoms with Crippen LogP contribution in [0.3, 0.4) is 0 Å². The molecule has 2 heterocycles. The smallest absolute Gasteiger partial charge is 0.422 e. The molecule has 0 unspecified atom stereocenters. The number of nitrogens with zero attached hydrogens (tertiary/aromatic N) is 2. The summed E-state index contributed by atoms with van der Waals surface area (Å²) in [5.41, 5.74) is 5.86. The summed E-state index contributed by atoms with van der Waals surface area (Å²) >= 11 is 0. The number of hydrogen-bond acceptors (Lipinski definition) is 4. The predicted octanol–water partition coefficient (Wildman–Crippen LogP) is 2.18. The van der Waals surface area contributed by atoms with Crippen molar-refractivity contribution >= 4 is 5.91 Å². The fraction of sp³-hybridized carbons (Fsp3) is 0.154. The molecule has 110 valence electrons. The summed E-state index contributed by atoms with van der Waals surface area (Å²) in [5.74, 6) is -0.921. The average Bonchev–Trinajstić information content (AvgIpc) is 2.45. The molecule has 0 aliphatic rings. The van der Waals surface area contributed by atoms with Crippen LogP contribution < -0.4 is 10.5 Å². The molecule has 0 spiro atoms. The lowest BCUT2D eigenvalue weighted by molar-refractivity contribution is -0.154. The van der Waals surface area contributed by atoms with Gasteiger partial charge in [-0.25, -0.2) is 4.98 Å². The van der Waals surface area contributed by atoms with Gasteiger partial charge in [-0.15, -0.1) is 0 Å². The first-order valence-corrected chi connectivity index (χ1v) is 5.77. The quantitative estimate of drug-likeness (QED) is 0.938. The zero-order valence-electron chi connectivity index (χ0n) is 10.6. The van der Waals surface area contributed by atoms with Gasteiger partial charge in [0, 0.05) is 18.0 Å². The Bertz CT molecular complexity index is 659. The molecule has 0 atom stereocenters. The first kappa shape index (κ1) is 14.8. The van der Waals surface area contributed by atoms with Gasteiger partial charge in [0.2, 0.25) is 5.88 Å². The maximum atomic E-state index is 12.2. The Morgan fingerprint density at radius 1 is 1.24 bits per heavy atom. The Kier molecular flexibility index (Phi) is 4.06. The summed E-state index contributed by atoms with van der Waals surface area (Å²) in [4.78, 5) is 18.6. The van der Waals surface area contributed by atoms with Crippen LogP contribution in [-0.2, 0) is 0 Å². The number of amides is 1. The highest BCUT2D eigenvalue weighted by atomic mass is 19.4. The van der Waals surface area contributed by atoms with Gasteiger partial charge in [0.25, 0.3) is 5.91 Å². The lowest BCUT2D eigenvalue weighted by Crippen LogP contribution is -2.20. The van der Waals surface area contributed by atoms with E-state index in [4.69, 9.17) is 5.73 Å². The summed E-state index contributed by atoms with van der Waals surface area (Å²) < 4.78 is 41.3. The largest absolute Gasteiger partial charge is 0.468 e. The standard InChI is InChI=1S/C13H10F3N3O2/c14-13(15,16)7-21-12-9(2-1-4-19-12)8-3-5-18-10(6-8)11(17)20/h1-6H,7H2,(H2,17,20). The van der Waals surface area contributed by atoms with Crippen LogP contribution in [-0.4, -0.2) is 28.7 Å². The van der Waals surface area contributed by atoms with E-state index in [1.165, 1.54) is 30.6 Å². The molecule has 0 bridgehead atoms. The number of rotatable bonds is 4. The highest BCUT2D eigenvalue weighted by Crippen LogP contribution is 2.29. The number of carbonyl (C=O) groups is 1. The van der Waals surface area contributed by atoms with Gasteiger partial charge in [0.15, 0.2) is 6.61 Å². The van der Waals surface area contributed by atoms with Crippen LogP contribution in [0.2, 0.25) is 0 Å². The number of aromatic nitrogens is 2. The zero-order chi connectivity index (χ0) is 15.5. The van der Waals surface area contributed by atoms with Crippen LogP contribution in [0.5, 0.6) is 5.88 Å². The van der Waals surface area contributed by atoms with Gasteiger partial charge in [0.05, 0.1) is 0 Å². The van der Waals surface area contributed by atoms with Crippen molar-refractivity contribution in [1.29, 1.82) is 0 Å². The molecule has 0 aliphatic carbocycles. The van der Waals surface area contributed by atoms with E-state index in [2.05, 4.69) is 14.7 Å². The highest BCUT2D eigenvalue weighted by Gasteiger charge is 2.29. The molecular weight excluding hydrogens is 287 g/mol. The minimum absolute atomic E-state index is 0.00174. The van der Waals surface area contributed by atoms with Crippen molar-refractivity contribution in [3.63, 3.8) is 0 Å². The van der Waals surface area contributed by atoms with E-state index >= 15 is 0 Å². The monoisotopic (exact) mass is 297 g/mol. The minimum Gasteiger partial charge on any atom is -0.468 e. The number of carbonyl (C=O) groups excluding carboxylic acids is 1. The maximum Gasteiger partial charge on any atom is 0.422 e. The molecule has 5 nitrogen and oxygen atoms in total. The molecule has 1 amide bonds. The molecule has 8 heteroatoms. The van der Waals surface area contributed by atoms with Crippen LogP contribution in [0.1, 0.15) is 10.5 Å². The SMILES string of the molecule is NC(=O)c1cc(-c2cccnc2OCC(F)(F)F)ccn1. The van der Waals surface area contributed by atoms with Gasteiger partial charge < -0.3 is 10.5 Å². The zero-order valence-corrected chi connectivity index (χ0v) is 10.6. The van der Waals surface area contributed by atoms with Gasteiger partial charge in [-0.3, -0.25) is 9.78 Å². The average molecular weight is 297 g/mol. The van der Waals surface area contributed by atoms with E-state index in [0.29, 0.717) is 11.1 Å². The van der Waals surface area contributed by atoms with Crippen molar-refractivity contribution in [2.75, 3.05) is 6.61 Å². The molecule has 2 aromatic rings. The molecule has 21 heavy (non-hydrogen) atoms. The van der Waals surface area contributed by atoms with E-state index in [-0.39, 0.29) is 11.6 Å². The second-order valence-electron chi connectivity index (χ2n) is 4.05. The fourth-order valence-corrected chi connectivity index (χ4v) is 1.61. The summed E-state index contributed by atoms with van der Waals surface area (Å²) in [6.45, 7) is -1.45. The maximum absolute atomic E-state index is 12.2. The highest BCUT2D eigenvalue weighted by molar-refractivity contribution is 5.92.